The van der Waals surface area contributed by atoms with E-state index in [1.54, 1.807) is 7.11 Å². The van der Waals surface area contributed by atoms with Crippen molar-refractivity contribution in [3.8, 4) is 11.5 Å². The van der Waals surface area contributed by atoms with Gasteiger partial charge in [-0.15, -0.1) is 0 Å². The summed E-state index contributed by atoms with van der Waals surface area (Å²) in [4.78, 5) is 4.85. The van der Waals surface area contributed by atoms with Crippen LogP contribution >= 0.6 is 0 Å². The monoisotopic (exact) mass is 358 g/mol. The van der Waals surface area contributed by atoms with Crippen LogP contribution in [0.1, 0.15) is 11.4 Å². The van der Waals surface area contributed by atoms with Crippen molar-refractivity contribution in [3.05, 3.63) is 90.3 Å². The largest absolute Gasteiger partial charge is 0.497 e. The number of hydrogen-bond donors (Lipinski definition) is 0. The lowest BCUT2D eigenvalue weighted by Gasteiger charge is -2.11. The molecule has 0 saturated carbocycles. The van der Waals surface area contributed by atoms with Gasteiger partial charge in [0.15, 0.2) is 0 Å². The van der Waals surface area contributed by atoms with E-state index in [4.69, 9.17) is 14.5 Å². The SMILES string of the molecule is COc1ccc(OCCn2c(Cc3ccccc3)nc3ccccc32)cc1. The summed E-state index contributed by atoms with van der Waals surface area (Å²) in [5, 5.41) is 0. The Labute approximate surface area is 159 Å². The Kier molecular flexibility index (Phi) is 5.06. The Bertz CT molecular complexity index is 1010. The average Bonchev–Trinajstić information content (AvgIpc) is 3.06. The second-order valence-corrected chi connectivity index (χ2v) is 6.35. The summed E-state index contributed by atoms with van der Waals surface area (Å²) in [5.41, 5.74) is 3.42. The van der Waals surface area contributed by atoms with E-state index in [1.165, 1.54) is 5.56 Å². The smallest absolute Gasteiger partial charge is 0.119 e. The summed E-state index contributed by atoms with van der Waals surface area (Å²) < 4.78 is 13.4. The lowest BCUT2D eigenvalue weighted by Crippen LogP contribution is -2.11. The Morgan fingerprint density at radius 3 is 2.30 bits per heavy atom. The first-order chi connectivity index (χ1) is 13.3. The van der Waals surface area contributed by atoms with E-state index in [2.05, 4.69) is 47.0 Å². The number of imidazole rings is 1. The molecule has 0 aliphatic carbocycles. The molecule has 0 fully saturated rings. The Balaban J connectivity index is 1.53. The lowest BCUT2D eigenvalue weighted by molar-refractivity contribution is 0.298. The molecule has 0 spiro atoms. The molecule has 4 heteroatoms. The number of methoxy groups -OCH3 is 1. The predicted molar refractivity (Wildman–Crippen MR) is 107 cm³/mol. The highest BCUT2D eigenvalue weighted by Crippen LogP contribution is 2.20. The number of benzene rings is 3. The predicted octanol–water partition coefficient (Wildman–Crippen LogP) is 4.71. The van der Waals surface area contributed by atoms with Crippen molar-refractivity contribution in [3.63, 3.8) is 0 Å². The third kappa shape index (κ3) is 3.95. The van der Waals surface area contributed by atoms with Gasteiger partial charge in [-0.3, -0.25) is 0 Å². The highest BCUT2D eigenvalue weighted by molar-refractivity contribution is 5.76. The Hall–Kier alpha value is -3.27. The van der Waals surface area contributed by atoms with Crippen LogP contribution in [0.15, 0.2) is 78.9 Å². The average molecular weight is 358 g/mol. The van der Waals surface area contributed by atoms with Crippen molar-refractivity contribution >= 4 is 11.0 Å². The van der Waals surface area contributed by atoms with Gasteiger partial charge in [0.2, 0.25) is 0 Å². The van der Waals surface area contributed by atoms with Crippen molar-refractivity contribution in [2.45, 2.75) is 13.0 Å². The molecule has 1 heterocycles. The lowest BCUT2D eigenvalue weighted by atomic mass is 10.1. The van der Waals surface area contributed by atoms with Gasteiger partial charge in [0.1, 0.15) is 23.9 Å². The van der Waals surface area contributed by atoms with E-state index < -0.39 is 0 Å². The number of rotatable bonds is 7. The van der Waals surface area contributed by atoms with Crippen LogP contribution in [0, 0.1) is 0 Å². The first-order valence-electron chi connectivity index (χ1n) is 9.08. The normalized spacial score (nSPS) is 10.9. The third-order valence-corrected chi connectivity index (χ3v) is 4.58. The topological polar surface area (TPSA) is 36.3 Å². The number of hydrogen-bond acceptors (Lipinski definition) is 3. The van der Waals surface area contributed by atoms with Crippen LogP contribution in [-0.4, -0.2) is 23.3 Å². The van der Waals surface area contributed by atoms with Crippen LogP contribution in [0.2, 0.25) is 0 Å². The molecule has 0 saturated heterocycles. The Morgan fingerprint density at radius 2 is 1.52 bits per heavy atom. The van der Waals surface area contributed by atoms with E-state index in [1.807, 2.05) is 36.4 Å². The number of ether oxygens (including phenoxy) is 2. The van der Waals surface area contributed by atoms with Gasteiger partial charge in [0, 0.05) is 6.42 Å². The van der Waals surface area contributed by atoms with Gasteiger partial charge in [-0.05, 0) is 42.0 Å². The van der Waals surface area contributed by atoms with E-state index in [-0.39, 0.29) is 0 Å². The standard InChI is InChI=1S/C23H22N2O2/c1-26-19-11-13-20(14-12-19)27-16-15-25-22-10-6-5-9-21(22)24-23(25)17-18-7-3-2-4-8-18/h2-14H,15-17H2,1H3. The molecule has 0 aliphatic heterocycles. The Morgan fingerprint density at radius 1 is 0.815 bits per heavy atom. The van der Waals surface area contributed by atoms with Gasteiger partial charge < -0.3 is 14.0 Å². The summed E-state index contributed by atoms with van der Waals surface area (Å²) in [6.07, 6.45) is 0.804. The van der Waals surface area contributed by atoms with Crippen LogP contribution in [0.5, 0.6) is 11.5 Å². The first-order valence-corrected chi connectivity index (χ1v) is 9.08. The minimum atomic E-state index is 0.578. The highest BCUT2D eigenvalue weighted by Gasteiger charge is 2.11. The minimum absolute atomic E-state index is 0.578. The summed E-state index contributed by atoms with van der Waals surface area (Å²) in [6, 6.07) is 26.4. The number of para-hydroxylation sites is 2. The molecule has 136 valence electrons. The second kappa shape index (κ2) is 7.96. The van der Waals surface area contributed by atoms with Crippen molar-refractivity contribution in [2.24, 2.45) is 0 Å². The molecule has 0 atom stereocenters. The molecule has 3 aromatic carbocycles. The maximum absolute atomic E-state index is 5.93. The quantitative estimate of drug-likeness (QED) is 0.480. The van der Waals surface area contributed by atoms with Gasteiger partial charge in [-0.25, -0.2) is 4.98 Å². The fraction of sp³-hybridized carbons (Fsp3) is 0.174. The third-order valence-electron chi connectivity index (χ3n) is 4.58. The molecule has 4 aromatic rings. The molecule has 0 bridgehead atoms. The van der Waals surface area contributed by atoms with Gasteiger partial charge in [0.05, 0.1) is 24.7 Å². The van der Waals surface area contributed by atoms with Crippen LogP contribution in [-0.2, 0) is 13.0 Å². The van der Waals surface area contributed by atoms with Gasteiger partial charge in [0.25, 0.3) is 0 Å². The van der Waals surface area contributed by atoms with Gasteiger partial charge in [-0.1, -0.05) is 42.5 Å². The second-order valence-electron chi connectivity index (χ2n) is 6.35. The first kappa shape index (κ1) is 17.2. The van der Waals surface area contributed by atoms with E-state index in [9.17, 15) is 0 Å². The summed E-state index contributed by atoms with van der Waals surface area (Å²) in [5.74, 6) is 2.72. The summed E-state index contributed by atoms with van der Waals surface area (Å²) >= 11 is 0. The number of aromatic nitrogens is 2. The van der Waals surface area contributed by atoms with Crippen LogP contribution in [0.25, 0.3) is 11.0 Å². The maximum atomic E-state index is 5.93. The molecule has 0 unspecified atom stereocenters. The molecule has 27 heavy (non-hydrogen) atoms. The van der Waals surface area contributed by atoms with E-state index in [0.29, 0.717) is 6.61 Å². The maximum Gasteiger partial charge on any atom is 0.119 e. The van der Waals surface area contributed by atoms with Crippen molar-refractivity contribution in [2.75, 3.05) is 13.7 Å². The zero-order chi connectivity index (χ0) is 18.5. The van der Waals surface area contributed by atoms with Crippen LogP contribution in [0.4, 0.5) is 0 Å². The molecule has 4 rings (SSSR count). The van der Waals surface area contributed by atoms with Gasteiger partial charge >= 0.3 is 0 Å². The highest BCUT2D eigenvalue weighted by atomic mass is 16.5. The number of nitrogens with zero attached hydrogens (tertiary/aromatic N) is 2. The molecule has 1 aromatic heterocycles. The zero-order valence-electron chi connectivity index (χ0n) is 15.3. The molecular weight excluding hydrogens is 336 g/mol. The minimum Gasteiger partial charge on any atom is -0.497 e. The van der Waals surface area contributed by atoms with Crippen molar-refractivity contribution in [1.29, 1.82) is 0 Å². The van der Waals surface area contributed by atoms with Crippen molar-refractivity contribution < 1.29 is 9.47 Å². The fourth-order valence-corrected chi connectivity index (χ4v) is 3.22. The van der Waals surface area contributed by atoms with Gasteiger partial charge in [-0.2, -0.15) is 0 Å². The van der Waals surface area contributed by atoms with Crippen molar-refractivity contribution in [1.82, 2.24) is 9.55 Å². The molecular formula is C23H22N2O2. The number of fused-ring (bicyclic) bond motifs is 1. The zero-order valence-corrected chi connectivity index (χ0v) is 15.3. The molecule has 0 radical (unpaired) electrons. The van der Waals surface area contributed by atoms with Crippen LogP contribution in [0.3, 0.4) is 0 Å². The van der Waals surface area contributed by atoms with E-state index in [0.717, 1.165) is 41.3 Å². The summed E-state index contributed by atoms with van der Waals surface area (Å²) in [6.45, 7) is 1.32. The molecule has 0 N–H and O–H groups in total. The molecule has 4 nitrogen and oxygen atoms in total. The fourth-order valence-electron chi connectivity index (χ4n) is 3.22. The summed E-state index contributed by atoms with van der Waals surface area (Å²) in [7, 11) is 1.66. The van der Waals surface area contributed by atoms with E-state index >= 15 is 0 Å². The van der Waals surface area contributed by atoms with Crippen LogP contribution < -0.4 is 9.47 Å². The molecule has 0 aliphatic rings. The molecule has 0 amide bonds.